The van der Waals surface area contributed by atoms with Gasteiger partial charge in [0.25, 0.3) is 0 Å². The molecule has 0 bridgehead atoms. The quantitative estimate of drug-likeness (QED) is 0.735. The Morgan fingerprint density at radius 3 is 3.00 bits per heavy atom. The predicted molar refractivity (Wildman–Crippen MR) is 70.5 cm³/mol. The lowest BCUT2D eigenvalue weighted by molar-refractivity contribution is 0.0182. The molecule has 104 valence electrons. The highest BCUT2D eigenvalue weighted by Gasteiger charge is 2.30. The number of nitrogens with zero attached hydrogens (tertiary/aromatic N) is 2. The van der Waals surface area contributed by atoms with E-state index in [4.69, 9.17) is 16.7 Å². The van der Waals surface area contributed by atoms with Gasteiger partial charge in [-0.2, -0.15) is 4.98 Å². The van der Waals surface area contributed by atoms with Crippen LogP contribution in [0.1, 0.15) is 43.0 Å². The van der Waals surface area contributed by atoms with E-state index in [9.17, 15) is 9.90 Å². The molecule has 7 heteroatoms. The van der Waals surface area contributed by atoms with E-state index in [0.717, 1.165) is 19.3 Å². The van der Waals surface area contributed by atoms with Gasteiger partial charge in [-0.1, -0.05) is 0 Å². The Bertz CT molecular complexity index is 493. The zero-order chi connectivity index (χ0) is 14.0. The summed E-state index contributed by atoms with van der Waals surface area (Å²) in [4.78, 5) is 18.7. The third kappa shape index (κ3) is 3.54. The Hall–Kier alpha value is -1.40. The predicted octanol–water partition coefficient (Wildman–Crippen LogP) is 1.93. The van der Waals surface area contributed by atoms with Crippen molar-refractivity contribution in [2.45, 2.75) is 44.2 Å². The number of aromatic nitrogens is 2. The second kappa shape index (κ2) is 5.30. The number of nitrogens with one attached hydrogen (secondary N) is 1. The standard InChI is InChI=1S/C12H16ClN3O3/c1-12(19)4-2-3-7(5-12)15-9-8(10(17)18)6-14-11(13)16-9/h6-7,19H,2-5H2,1H3,(H,17,18)(H,14,15,16). The highest BCUT2D eigenvalue weighted by Crippen LogP contribution is 2.30. The molecule has 0 spiro atoms. The summed E-state index contributed by atoms with van der Waals surface area (Å²) in [7, 11) is 0. The van der Waals surface area contributed by atoms with E-state index < -0.39 is 11.6 Å². The fourth-order valence-electron chi connectivity index (χ4n) is 2.41. The minimum absolute atomic E-state index is 0.00457. The average molecular weight is 286 g/mol. The largest absolute Gasteiger partial charge is 0.477 e. The molecule has 19 heavy (non-hydrogen) atoms. The minimum Gasteiger partial charge on any atom is -0.477 e. The summed E-state index contributed by atoms with van der Waals surface area (Å²) in [5.74, 6) is -0.906. The average Bonchev–Trinajstić information content (AvgIpc) is 2.27. The van der Waals surface area contributed by atoms with Gasteiger partial charge in [0.1, 0.15) is 11.4 Å². The van der Waals surface area contributed by atoms with Gasteiger partial charge in [-0.3, -0.25) is 0 Å². The van der Waals surface area contributed by atoms with Crippen molar-refractivity contribution >= 4 is 23.4 Å². The van der Waals surface area contributed by atoms with Gasteiger partial charge in [0, 0.05) is 12.2 Å². The number of hydrogen-bond donors (Lipinski definition) is 3. The van der Waals surface area contributed by atoms with E-state index in [-0.39, 0.29) is 22.7 Å². The third-order valence-electron chi connectivity index (χ3n) is 3.28. The van der Waals surface area contributed by atoms with Crippen LogP contribution < -0.4 is 5.32 Å². The van der Waals surface area contributed by atoms with Crippen LogP contribution >= 0.6 is 11.6 Å². The molecule has 0 aliphatic heterocycles. The Morgan fingerprint density at radius 2 is 2.37 bits per heavy atom. The fraction of sp³-hybridized carbons (Fsp3) is 0.583. The maximum absolute atomic E-state index is 11.1. The van der Waals surface area contributed by atoms with Gasteiger partial charge in [-0.15, -0.1) is 0 Å². The molecule has 1 aromatic rings. The van der Waals surface area contributed by atoms with Crippen LogP contribution in [0, 0.1) is 0 Å². The molecule has 0 saturated heterocycles. The van der Waals surface area contributed by atoms with Gasteiger partial charge in [-0.25, -0.2) is 9.78 Å². The van der Waals surface area contributed by atoms with Crippen molar-refractivity contribution < 1.29 is 15.0 Å². The highest BCUT2D eigenvalue weighted by atomic mass is 35.5. The molecular formula is C12H16ClN3O3. The molecule has 1 saturated carbocycles. The summed E-state index contributed by atoms with van der Waals surface area (Å²) in [5, 5.41) is 22.2. The van der Waals surface area contributed by atoms with Gasteiger partial charge < -0.3 is 15.5 Å². The Labute approximate surface area is 115 Å². The Kier molecular flexibility index (Phi) is 3.91. The van der Waals surface area contributed by atoms with Gasteiger partial charge >= 0.3 is 5.97 Å². The molecule has 0 amide bonds. The van der Waals surface area contributed by atoms with E-state index in [1.807, 2.05) is 0 Å². The normalized spacial score (nSPS) is 27.0. The molecular weight excluding hydrogens is 270 g/mol. The number of carboxylic acids is 1. The lowest BCUT2D eigenvalue weighted by Crippen LogP contribution is -2.38. The fourth-order valence-corrected chi connectivity index (χ4v) is 2.54. The molecule has 2 unspecified atom stereocenters. The highest BCUT2D eigenvalue weighted by molar-refractivity contribution is 6.28. The summed E-state index contributed by atoms with van der Waals surface area (Å²) < 4.78 is 0. The number of carboxylic acid groups (broad SMARTS) is 1. The zero-order valence-corrected chi connectivity index (χ0v) is 11.3. The van der Waals surface area contributed by atoms with Crippen LogP contribution in [0.15, 0.2) is 6.20 Å². The molecule has 6 nitrogen and oxygen atoms in total. The maximum Gasteiger partial charge on any atom is 0.341 e. The Balaban J connectivity index is 2.18. The van der Waals surface area contributed by atoms with Crippen molar-refractivity contribution in [3.8, 4) is 0 Å². The number of rotatable bonds is 3. The van der Waals surface area contributed by atoms with Crippen LogP contribution in [0.2, 0.25) is 5.28 Å². The van der Waals surface area contributed by atoms with Crippen molar-refractivity contribution in [2.75, 3.05) is 5.32 Å². The van der Waals surface area contributed by atoms with Gasteiger partial charge in [-0.05, 0) is 44.2 Å². The van der Waals surface area contributed by atoms with Gasteiger partial charge in [0.15, 0.2) is 0 Å². The molecule has 3 N–H and O–H groups in total. The van der Waals surface area contributed by atoms with Crippen LogP contribution in [0.5, 0.6) is 0 Å². The molecule has 0 aromatic carbocycles. The summed E-state index contributed by atoms with van der Waals surface area (Å²) in [6.45, 7) is 1.78. The molecule has 1 heterocycles. The molecule has 2 rings (SSSR count). The molecule has 0 radical (unpaired) electrons. The summed E-state index contributed by atoms with van der Waals surface area (Å²) >= 11 is 5.69. The van der Waals surface area contributed by atoms with E-state index >= 15 is 0 Å². The van der Waals surface area contributed by atoms with E-state index in [1.54, 1.807) is 6.92 Å². The first-order valence-electron chi connectivity index (χ1n) is 6.12. The summed E-state index contributed by atoms with van der Waals surface area (Å²) in [6, 6.07) is -0.0205. The lowest BCUT2D eigenvalue weighted by atomic mass is 9.83. The van der Waals surface area contributed by atoms with Crippen molar-refractivity contribution in [3.05, 3.63) is 17.0 Å². The number of aliphatic hydroxyl groups is 1. The van der Waals surface area contributed by atoms with E-state index in [0.29, 0.717) is 6.42 Å². The second-order valence-electron chi connectivity index (χ2n) is 5.14. The van der Waals surface area contributed by atoms with Crippen molar-refractivity contribution in [3.63, 3.8) is 0 Å². The number of halogens is 1. The Morgan fingerprint density at radius 1 is 1.63 bits per heavy atom. The van der Waals surface area contributed by atoms with Crippen molar-refractivity contribution in [1.82, 2.24) is 9.97 Å². The van der Waals surface area contributed by atoms with Crippen LogP contribution in [0.4, 0.5) is 5.82 Å². The van der Waals surface area contributed by atoms with Gasteiger partial charge in [0.05, 0.1) is 5.60 Å². The molecule has 1 aromatic heterocycles. The summed E-state index contributed by atoms with van der Waals surface area (Å²) in [6.07, 6.45) is 4.22. The van der Waals surface area contributed by atoms with Crippen molar-refractivity contribution in [1.29, 1.82) is 0 Å². The number of hydrogen-bond acceptors (Lipinski definition) is 5. The third-order valence-corrected chi connectivity index (χ3v) is 3.47. The monoisotopic (exact) mass is 285 g/mol. The zero-order valence-electron chi connectivity index (χ0n) is 10.6. The number of carbonyl (C=O) groups is 1. The van der Waals surface area contributed by atoms with Gasteiger partial charge in [0.2, 0.25) is 5.28 Å². The number of anilines is 1. The summed E-state index contributed by atoms with van der Waals surface area (Å²) in [5.41, 5.74) is -0.745. The molecule has 1 aliphatic carbocycles. The van der Waals surface area contributed by atoms with Crippen LogP contribution in [0.25, 0.3) is 0 Å². The van der Waals surface area contributed by atoms with Crippen molar-refractivity contribution in [2.24, 2.45) is 0 Å². The van der Waals surface area contributed by atoms with E-state index in [2.05, 4.69) is 15.3 Å². The van der Waals surface area contributed by atoms with E-state index in [1.165, 1.54) is 6.20 Å². The first kappa shape index (κ1) is 14.0. The molecule has 1 fully saturated rings. The van der Waals surface area contributed by atoms with Crippen LogP contribution in [0.3, 0.4) is 0 Å². The van der Waals surface area contributed by atoms with Crippen LogP contribution in [-0.4, -0.2) is 37.8 Å². The smallest absolute Gasteiger partial charge is 0.341 e. The number of aromatic carboxylic acids is 1. The minimum atomic E-state index is -1.11. The van der Waals surface area contributed by atoms with Crippen LogP contribution in [-0.2, 0) is 0 Å². The lowest BCUT2D eigenvalue weighted by Gasteiger charge is -2.34. The maximum atomic E-state index is 11.1. The molecule has 2 atom stereocenters. The first-order valence-corrected chi connectivity index (χ1v) is 6.50. The SMILES string of the molecule is CC1(O)CCCC(Nc2nc(Cl)ncc2C(=O)O)C1. The molecule has 1 aliphatic rings. The topological polar surface area (TPSA) is 95.3 Å². The second-order valence-corrected chi connectivity index (χ2v) is 5.48. The first-order chi connectivity index (χ1) is 8.87.